The number of aromatic nitrogens is 4. The van der Waals surface area contributed by atoms with Crippen LogP contribution in [0, 0.1) is 0 Å². The van der Waals surface area contributed by atoms with Crippen molar-refractivity contribution in [2.45, 2.75) is 30.5 Å². The van der Waals surface area contributed by atoms with E-state index >= 15 is 0 Å². The lowest BCUT2D eigenvalue weighted by Crippen LogP contribution is -2.41. The number of aliphatic hydroxyl groups is 1. The Hall–Kier alpha value is -1.47. The second-order valence-electron chi connectivity index (χ2n) is 7.29. The number of nitrogens with two attached hydrogens (primary N) is 1. The van der Waals surface area contributed by atoms with Gasteiger partial charge in [-0.1, -0.05) is 0 Å². The Labute approximate surface area is 140 Å². The second kappa shape index (κ2) is 5.26. The van der Waals surface area contributed by atoms with Crippen LogP contribution in [0.1, 0.15) is 12.6 Å². The topological polar surface area (TPSA) is 108 Å². The highest BCUT2D eigenvalue weighted by molar-refractivity contribution is 7.72. The van der Waals surface area contributed by atoms with Crippen molar-refractivity contribution in [3.8, 4) is 0 Å². The molecular weight excluding hydrogens is 329 g/mol. The Morgan fingerprint density at radius 1 is 1.46 bits per heavy atom. The second-order valence-corrected chi connectivity index (χ2v) is 11.6. The summed E-state index contributed by atoms with van der Waals surface area (Å²) in [4.78, 5) is 12.5. The van der Waals surface area contributed by atoms with Crippen LogP contribution in [0.25, 0.3) is 11.2 Å². The summed E-state index contributed by atoms with van der Waals surface area (Å²) >= 11 is 0. The van der Waals surface area contributed by atoms with Crippen LogP contribution in [0.2, 0.25) is 0 Å². The molecule has 4 heterocycles. The van der Waals surface area contributed by atoms with Crippen molar-refractivity contribution in [2.75, 3.05) is 31.8 Å². The fraction of sp³-hybridized carbons (Fsp3) is 0.600. The molecule has 0 radical (unpaired) electrons. The molecule has 0 spiro atoms. The van der Waals surface area contributed by atoms with E-state index in [1.165, 1.54) is 6.33 Å². The predicted octanol–water partition coefficient (Wildman–Crippen LogP) is 0.535. The fourth-order valence-corrected chi connectivity index (χ4v) is 4.39. The minimum absolute atomic E-state index is 0.321. The minimum atomic E-state index is -1.21. The number of imidazole rings is 1. The van der Waals surface area contributed by atoms with Crippen molar-refractivity contribution in [1.29, 1.82) is 0 Å². The van der Waals surface area contributed by atoms with Gasteiger partial charge in [-0.15, -0.1) is 13.2 Å². The largest absolute Gasteiger partial charge is 0.387 e. The van der Waals surface area contributed by atoms with Crippen molar-refractivity contribution in [1.82, 2.24) is 19.5 Å². The van der Waals surface area contributed by atoms with Crippen LogP contribution in [0.3, 0.4) is 0 Å². The third-order valence-corrected chi connectivity index (χ3v) is 6.24. The average Bonchev–Trinajstić information content (AvgIpc) is 3.16. The molecule has 0 aliphatic carbocycles. The van der Waals surface area contributed by atoms with E-state index in [1.54, 1.807) is 10.9 Å². The molecule has 2 aromatic rings. The van der Waals surface area contributed by atoms with Crippen molar-refractivity contribution < 1.29 is 14.6 Å². The van der Waals surface area contributed by atoms with E-state index in [1.807, 2.05) is 0 Å². The zero-order valence-electron chi connectivity index (χ0n) is 13.8. The van der Waals surface area contributed by atoms with E-state index in [4.69, 9.17) is 15.2 Å². The van der Waals surface area contributed by atoms with Crippen molar-refractivity contribution in [3.63, 3.8) is 0 Å². The smallest absolute Gasteiger partial charge is 0.167 e. The van der Waals surface area contributed by atoms with E-state index in [2.05, 4.69) is 34.6 Å². The number of aliphatic hydroxyl groups excluding tert-OH is 1. The molecule has 0 saturated carbocycles. The maximum atomic E-state index is 10.7. The van der Waals surface area contributed by atoms with Gasteiger partial charge in [0.2, 0.25) is 0 Å². The summed E-state index contributed by atoms with van der Waals surface area (Å²) < 4.78 is 13.9. The molecule has 8 nitrogen and oxygen atoms in total. The normalized spacial score (nSPS) is 32.7. The Bertz CT molecular complexity index is 834. The Kier molecular flexibility index (Phi) is 3.51. The molecular formula is C15H22N5O3P. The number of fused-ring (bicyclic) bond motifs is 3. The van der Waals surface area contributed by atoms with Crippen LogP contribution in [0.4, 0.5) is 5.82 Å². The lowest BCUT2D eigenvalue weighted by molar-refractivity contribution is -0.172. The maximum Gasteiger partial charge on any atom is 0.167 e. The Morgan fingerprint density at radius 2 is 2.25 bits per heavy atom. The van der Waals surface area contributed by atoms with Crippen LogP contribution < -0.4 is 5.73 Å². The number of rotatable bonds is 4. The van der Waals surface area contributed by atoms with Crippen LogP contribution in [-0.4, -0.2) is 74.8 Å². The zero-order chi connectivity index (χ0) is 17.1. The van der Waals surface area contributed by atoms with Gasteiger partial charge in [-0.2, -0.15) is 0 Å². The van der Waals surface area contributed by atoms with E-state index < -0.39 is 30.9 Å². The van der Waals surface area contributed by atoms with Gasteiger partial charge in [-0.3, -0.25) is 4.57 Å². The van der Waals surface area contributed by atoms with Gasteiger partial charge >= 0.3 is 0 Å². The van der Waals surface area contributed by atoms with Gasteiger partial charge in [-0.25, -0.2) is 15.0 Å². The molecule has 0 amide bonds. The summed E-state index contributed by atoms with van der Waals surface area (Å²) in [6, 6.07) is 0. The van der Waals surface area contributed by atoms with E-state index in [9.17, 15) is 5.11 Å². The third kappa shape index (κ3) is 2.37. The summed E-state index contributed by atoms with van der Waals surface area (Å²) in [6.45, 7) is 3.55. The van der Waals surface area contributed by atoms with Crippen LogP contribution in [0.5, 0.6) is 0 Å². The molecule has 3 N–H and O–H groups in total. The molecule has 130 valence electrons. The van der Waals surface area contributed by atoms with Crippen molar-refractivity contribution >= 4 is 30.2 Å². The third-order valence-electron chi connectivity index (χ3n) is 4.81. The summed E-state index contributed by atoms with van der Waals surface area (Å²) in [7, 11) is 0. The number of anilines is 1. The summed E-state index contributed by atoms with van der Waals surface area (Å²) in [5.41, 5.74) is 6.27. The lowest BCUT2D eigenvalue weighted by Gasteiger charge is -2.32. The molecule has 2 bridgehead atoms. The quantitative estimate of drug-likeness (QED) is 0.774. The molecule has 2 aliphatic rings. The first-order chi connectivity index (χ1) is 11.3. The van der Waals surface area contributed by atoms with Gasteiger partial charge in [0, 0.05) is 0 Å². The predicted molar refractivity (Wildman–Crippen MR) is 93.7 cm³/mol. The highest BCUT2D eigenvalue weighted by Gasteiger charge is 2.61. The van der Waals surface area contributed by atoms with Gasteiger partial charge in [0.15, 0.2) is 17.7 Å². The first kappa shape index (κ1) is 16.0. The molecule has 2 aliphatic heterocycles. The maximum absolute atomic E-state index is 10.7. The molecule has 4 rings (SSSR count). The van der Waals surface area contributed by atoms with E-state index in [-0.39, 0.29) is 0 Å². The van der Waals surface area contributed by atoms with E-state index in [0.717, 1.165) is 12.6 Å². The molecule has 0 aromatic carbocycles. The molecule has 2 saturated heterocycles. The zero-order valence-corrected chi connectivity index (χ0v) is 14.7. The summed E-state index contributed by atoms with van der Waals surface area (Å²) in [6.07, 6.45) is 7.33. The van der Waals surface area contributed by atoms with Gasteiger partial charge in [-0.05, 0) is 25.9 Å². The number of nitrogens with zero attached hydrogens (tertiary/aromatic N) is 4. The summed E-state index contributed by atoms with van der Waals surface area (Å²) in [5.74, 6) is 0.321. The standard InChI is InChI=1S/C15H22N5O3P/c1-24(2,3)5-4-15-6-22-10(11(15)21)14(23-15)20-8-19-9-12(16)17-7-18-13(9)20/h7-8,10-11,14,21H,1,4-6H2,2-3H3,(H2,16,17,18)/t10-,11+,14?,15+/m1/s1. The monoisotopic (exact) mass is 351 g/mol. The van der Waals surface area contributed by atoms with E-state index in [0.29, 0.717) is 23.6 Å². The molecule has 2 aromatic heterocycles. The highest BCUT2D eigenvalue weighted by atomic mass is 31.2. The molecule has 9 heteroatoms. The first-order valence-corrected chi connectivity index (χ1v) is 10.9. The van der Waals surface area contributed by atoms with Gasteiger partial charge < -0.3 is 20.3 Å². The van der Waals surface area contributed by atoms with Crippen LogP contribution >= 0.6 is 6.89 Å². The Morgan fingerprint density at radius 3 is 3.00 bits per heavy atom. The average molecular weight is 351 g/mol. The highest BCUT2D eigenvalue weighted by Crippen LogP contribution is 2.50. The number of nitrogen functional groups attached to an aromatic ring is 1. The molecule has 2 fully saturated rings. The molecule has 24 heavy (non-hydrogen) atoms. The van der Waals surface area contributed by atoms with Gasteiger partial charge in [0.25, 0.3) is 0 Å². The number of ether oxygens (including phenoxy) is 2. The van der Waals surface area contributed by atoms with Gasteiger partial charge in [0.1, 0.15) is 29.7 Å². The Balaban J connectivity index is 1.66. The minimum Gasteiger partial charge on any atom is -0.387 e. The SMILES string of the molecule is C=P(C)(C)CC[C@@]12CO[C@@H](C(n3cnc4c(N)ncnc43)O1)[C@@H]2O. The first-order valence-electron chi connectivity index (χ1n) is 7.89. The van der Waals surface area contributed by atoms with Crippen molar-refractivity contribution in [3.05, 3.63) is 12.7 Å². The molecule has 1 unspecified atom stereocenters. The summed E-state index contributed by atoms with van der Waals surface area (Å²) in [5, 5.41) is 10.7. The number of hydrogen-bond donors (Lipinski definition) is 2. The molecule has 4 atom stereocenters. The van der Waals surface area contributed by atoms with Gasteiger partial charge in [0.05, 0.1) is 12.9 Å². The van der Waals surface area contributed by atoms with Crippen LogP contribution in [0.15, 0.2) is 12.7 Å². The van der Waals surface area contributed by atoms with Crippen LogP contribution in [-0.2, 0) is 9.47 Å². The fourth-order valence-electron chi connectivity index (χ4n) is 3.40. The van der Waals surface area contributed by atoms with Crippen molar-refractivity contribution in [2.24, 2.45) is 0 Å². The lowest BCUT2D eigenvalue weighted by atomic mass is 9.96. The number of hydrogen-bond acceptors (Lipinski definition) is 7.